The topological polar surface area (TPSA) is 104 Å². The second-order valence-electron chi connectivity index (χ2n) is 7.78. The molecule has 2 heterocycles. The average Bonchev–Trinajstić information content (AvgIpc) is 2.82. The van der Waals surface area contributed by atoms with E-state index in [1.165, 1.54) is 0 Å². The quantitative estimate of drug-likeness (QED) is 0.314. The zero-order valence-electron chi connectivity index (χ0n) is 18.3. The van der Waals surface area contributed by atoms with Crippen LogP contribution in [0.5, 0.6) is 0 Å². The van der Waals surface area contributed by atoms with Gasteiger partial charge < -0.3 is 15.5 Å². The van der Waals surface area contributed by atoms with E-state index >= 15 is 0 Å². The summed E-state index contributed by atoms with van der Waals surface area (Å²) in [6.07, 6.45) is 10.3. The fraction of sp³-hybridized carbons (Fsp3) is 0.375. The lowest BCUT2D eigenvalue weighted by Gasteiger charge is -2.16. The van der Waals surface area contributed by atoms with E-state index in [-0.39, 0.29) is 5.91 Å². The highest BCUT2D eigenvalue weighted by Crippen LogP contribution is 2.20. The predicted molar refractivity (Wildman–Crippen MR) is 126 cm³/mol. The molecule has 3 rings (SSSR count). The van der Waals surface area contributed by atoms with Gasteiger partial charge in [-0.25, -0.2) is 0 Å². The second-order valence-corrected chi connectivity index (χ2v) is 7.78. The number of carbonyl (C=O) groups is 1. The summed E-state index contributed by atoms with van der Waals surface area (Å²) in [6, 6.07) is 9.17. The first-order valence-corrected chi connectivity index (χ1v) is 10.9. The van der Waals surface area contributed by atoms with Crippen molar-refractivity contribution in [2.24, 2.45) is 0 Å². The minimum atomic E-state index is -0.498. The van der Waals surface area contributed by atoms with Crippen LogP contribution in [0.3, 0.4) is 0 Å². The molecular formula is C24H29N5O3. The zero-order valence-corrected chi connectivity index (χ0v) is 18.3. The zero-order chi connectivity index (χ0) is 22.8. The largest absolute Gasteiger partial charge is 0.380 e. The first-order chi connectivity index (χ1) is 15.6. The summed E-state index contributed by atoms with van der Waals surface area (Å²) in [5, 5.41) is 6.06. The van der Waals surface area contributed by atoms with E-state index in [2.05, 4.69) is 20.6 Å². The lowest BCUT2D eigenvalue weighted by molar-refractivity contribution is -0.130. The van der Waals surface area contributed by atoms with Gasteiger partial charge in [-0.15, -0.1) is 0 Å². The molecule has 1 amide bonds. The minimum absolute atomic E-state index is 0.131. The number of aromatic nitrogens is 2. The summed E-state index contributed by atoms with van der Waals surface area (Å²) in [6.45, 7) is 1.15. The number of pyridine rings is 2. The third-order valence-corrected chi connectivity index (χ3v) is 5.28. The predicted octanol–water partition coefficient (Wildman–Crippen LogP) is 3.23. The van der Waals surface area contributed by atoms with Gasteiger partial charge in [-0.3, -0.25) is 24.4 Å². The van der Waals surface area contributed by atoms with E-state index in [0.717, 1.165) is 43.5 Å². The summed E-state index contributed by atoms with van der Waals surface area (Å²) < 4.78 is 0. The smallest absolute Gasteiger partial charge is 0.253 e. The van der Waals surface area contributed by atoms with E-state index in [9.17, 15) is 14.4 Å². The van der Waals surface area contributed by atoms with Crippen molar-refractivity contribution in [3.8, 4) is 0 Å². The van der Waals surface area contributed by atoms with Crippen LogP contribution in [0.1, 0.15) is 44.2 Å². The third kappa shape index (κ3) is 6.47. The molecule has 8 nitrogen and oxygen atoms in total. The Bertz CT molecular complexity index is 1060. The molecule has 0 unspecified atom stereocenters. The number of unbranched alkanes of at least 4 members (excludes halogenated alkanes) is 4. The minimum Gasteiger partial charge on any atom is -0.380 e. The van der Waals surface area contributed by atoms with Crippen LogP contribution in [0.4, 0.5) is 17.1 Å². The summed E-state index contributed by atoms with van der Waals surface area (Å²) in [7, 11) is 1.81. The molecular weight excluding hydrogens is 406 g/mol. The average molecular weight is 436 g/mol. The molecule has 0 aliphatic rings. The maximum atomic E-state index is 12.2. The van der Waals surface area contributed by atoms with Crippen LogP contribution in [-0.2, 0) is 11.3 Å². The van der Waals surface area contributed by atoms with Gasteiger partial charge in [-0.05, 0) is 37.1 Å². The molecule has 2 aromatic heterocycles. The van der Waals surface area contributed by atoms with Crippen molar-refractivity contribution >= 4 is 23.0 Å². The monoisotopic (exact) mass is 435 g/mol. The summed E-state index contributed by atoms with van der Waals surface area (Å²) >= 11 is 0. The number of hydrogen-bond acceptors (Lipinski definition) is 7. The summed E-state index contributed by atoms with van der Waals surface area (Å²) in [5.41, 5.74) is 1.30. The number of carbonyl (C=O) groups excluding carboxylic acids is 1. The van der Waals surface area contributed by atoms with Gasteiger partial charge in [-0.1, -0.05) is 25.3 Å². The van der Waals surface area contributed by atoms with Gasteiger partial charge in [0, 0.05) is 44.3 Å². The van der Waals surface area contributed by atoms with Crippen molar-refractivity contribution < 1.29 is 4.79 Å². The highest BCUT2D eigenvalue weighted by molar-refractivity contribution is 5.78. The number of hydrogen-bond donors (Lipinski definition) is 2. The fourth-order valence-corrected chi connectivity index (χ4v) is 3.42. The molecule has 0 saturated carbocycles. The summed E-state index contributed by atoms with van der Waals surface area (Å²) in [4.78, 5) is 45.8. The van der Waals surface area contributed by atoms with Crippen LogP contribution in [0, 0.1) is 0 Å². The highest BCUT2D eigenvalue weighted by atomic mass is 16.2. The Morgan fingerprint density at radius 3 is 2.38 bits per heavy atom. The van der Waals surface area contributed by atoms with E-state index < -0.39 is 10.9 Å². The first kappa shape index (κ1) is 23.1. The molecule has 0 aliphatic carbocycles. The Kier molecular flexibility index (Phi) is 8.48. The molecule has 0 spiro atoms. The van der Waals surface area contributed by atoms with E-state index in [1.807, 2.05) is 25.2 Å². The van der Waals surface area contributed by atoms with Crippen LogP contribution in [0.25, 0.3) is 0 Å². The van der Waals surface area contributed by atoms with Gasteiger partial charge in [-0.2, -0.15) is 0 Å². The van der Waals surface area contributed by atoms with Gasteiger partial charge in [0.05, 0.1) is 12.2 Å². The molecule has 3 aromatic rings. The molecule has 0 bridgehead atoms. The van der Waals surface area contributed by atoms with Crippen molar-refractivity contribution in [3.63, 3.8) is 0 Å². The van der Waals surface area contributed by atoms with Crippen molar-refractivity contribution in [2.75, 3.05) is 24.2 Å². The van der Waals surface area contributed by atoms with Crippen molar-refractivity contribution in [1.29, 1.82) is 0 Å². The Morgan fingerprint density at radius 2 is 1.62 bits per heavy atom. The Labute approximate surface area is 187 Å². The number of anilines is 3. The van der Waals surface area contributed by atoms with Crippen molar-refractivity contribution in [3.05, 3.63) is 75.1 Å². The normalized spacial score (nSPS) is 10.8. The Morgan fingerprint density at radius 1 is 0.906 bits per heavy atom. The fourth-order valence-electron chi connectivity index (χ4n) is 3.42. The summed E-state index contributed by atoms with van der Waals surface area (Å²) in [5.74, 6) is 0.131. The molecule has 0 fully saturated rings. The van der Waals surface area contributed by atoms with Gasteiger partial charge >= 0.3 is 0 Å². The van der Waals surface area contributed by atoms with Gasteiger partial charge in [0.15, 0.2) is 0 Å². The van der Waals surface area contributed by atoms with Crippen LogP contribution < -0.4 is 21.5 Å². The SMILES string of the molecule is CN(Cc1ccccn1)C(=O)CCCCCCCNc1c(Nc2ccncc2)c(=O)c1=O. The Balaban J connectivity index is 1.28. The number of nitrogens with one attached hydrogen (secondary N) is 2. The van der Waals surface area contributed by atoms with Crippen LogP contribution in [-0.4, -0.2) is 34.4 Å². The maximum Gasteiger partial charge on any atom is 0.253 e. The standard InChI is InChI=1S/C24H29N5O3/c1-29(17-19-9-6-8-13-26-19)20(30)10-5-3-2-4-7-14-27-21-22(24(32)23(21)31)28-18-11-15-25-16-12-18/h6,8-9,11-13,15-16,27H,2-5,7,10,14,17H2,1H3,(H,25,28). The van der Waals surface area contributed by atoms with E-state index in [0.29, 0.717) is 30.9 Å². The molecule has 0 aliphatic heterocycles. The van der Waals surface area contributed by atoms with Crippen molar-refractivity contribution in [2.45, 2.75) is 45.1 Å². The van der Waals surface area contributed by atoms with E-state index in [1.54, 1.807) is 35.6 Å². The lowest BCUT2D eigenvalue weighted by Crippen LogP contribution is -2.36. The van der Waals surface area contributed by atoms with Gasteiger partial charge in [0.1, 0.15) is 11.4 Å². The van der Waals surface area contributed by atoms with Crippen LogP contribution >= 0.6 is 0 Å². The molecule has 0 saturated heterocycles. The van der Waals surface area contributed by atoms with Crippen molar-refractivity contribution in [1.82, 2.24) is 14.9 Å². The van der Waals surface area contributed by atoms with E-state index in [4.69, 9.17) is 0 Å². The Hall–Kier alpha value is -3.55. The number of nitrogens with zero attached hydrogens (tertiary/aromatic N) is 3. The molecule has 32 heavy (non-hydrogen) atoms. The molecule has 0 radical (unpaired) electrons. The lowest BCUT2D eigenvalue weighted by atomic mass is 10.1. The van der Waals surface area contributed by atoms with Crippen LogP contribution in [0.2, 0.25) is 0 Å². The van der Waals surface area contributed by atoms with Gasteiger partial charge in [0.2, 0.25) is 5.91 Å². The molecule has 0 atom stereocenters. The third-order valence-electron chi connectivity index (χ3n) is 5.28. The van der Waals surface area contributed by atoms with Gasteiger partial charge in [0.25, 0.3) is 10.9 Å². The number of amides is 1. The van der Waals surface area contributed by atoms with Crippen LogP contribution in [0.15, 0.2) is 58.5 Å². The molecule has 2 N–H and O–H groups in total. The second kappa shape index (κ2) is 11.7. The highest BCUT2D eigenvalue weighted by Gasteiger charge is 2.20. The molecule has 168 valence electrons. The first-order valence-electron chi connectivity index (χ1n) is 10.9. The number of rotatable bonds is 13. The maximum absolute atomic E-state index is 12.2. The molecule has 8 heteroatoms. The molecule has 1 aromatic carbocycles.